The number of amides is 1. The van der Waals surface area contributed by atoms with Crippen molar-refractivity contribution in [3.8, 4) is 5.75 Å². The summed E-state index contributed by atoms with van der Waals surface area (Å²) in [5, 5.41) is 2.92. The van der Waals surface area contributed by atoms with E-state index in [1.54, 1.807) is 0 Å². The molecule has 0 bridgehead atoms. The molecule has 1 saturated carbocycles. The molecule has 4 heteroatoms. The number of carbonyl (C=O) groups excluding carboxylic acids is 1. The summed E-state index contributed by atoms with van der Waals surface area (Å²) in [5.41, 5.74) is 6.43. The zero-order chi connectivity index (χ0) is 14.4. The second-order valence-corrected chi connectivity index (χ2v) is 5.58. The van der Waals surface area contributed by atoms with Crippen LogP contribution in [0.25, 0.3) is 0 Å². The van der Waals surface area contributed by atoms with Gasteiger partial charge in [-0.1, -0.05) is 12.1 Å². The first-order chi connectivity index (χ1) is 9.65. The summed E-state index contributed by atoms with van der Waals surface area (Å²) in [4.78, 5) is 11.9. The third-order valence-electron chi connectivity index (χ3n) is 3.58. The van der Waals surface area contributed by atoms with Gasteiger partial charge in [0.25, 0.3) is 0 Å². The Bertz CT molecular complexity index is 440. The van der Waals surface area contributed by atoms with Crippen molar-refractivity contribution >= 4 is 11.6 Å². The van der Waals surface area contributed by atoms with Gasteiger partial charge in [0, 0.05) is 12.5 Å². The number of anilines is 1. The highest BCUT2D eigenvalue weighted by Crippen LogP contribution is 2.29. The monoisotopic (exact) mass is 276 g/mol. The highest BCUT2D eigenvalue weighted by molar-refractivity contribution is 5.92. The largest absolute Gasteiger partial charge is 0.488 e. The van der Waals surface area contributed by atoms with Crippen LogP contribution >= 0.6 is 0 Å². The summed E-state index contributed by atoms with van der Waals surface area (Å²) < 4.78 is 5.99. The number of nitrogens with one attached hydrogen (secondary N) is 1. The maximum Gasteiger partial charge on any atom is 0.224 e. The van der Waals surface area contributed by atoms with E-state index >= 15 is 0 Å². The zero-order valence-electron chi connectivity index (χ0n) is 12.1. The van der Waals surface area contributed by atoms with Crippen LogP contribution < -0.4 is 15.8 Å². The maximum absolute atomic E-state index is 11.9. The van der Waals surface area contributed by atoms with Gasteiger partial charge in [-0.15, -0.1) is 0 Å². The van der Waals surface area contributed by atoms with Gasteiger partial charge in [0.05, 0.1) is 11.8 Å². The van der Waals surface area contributed by atoms with E-state index in [-0.39, 0.29) is 18.1 Å². The van der Waals surface area contributed by atoms with Gasteiger partial charge >= 0.3 is 0 Å². The van der Waals surface area contributed by atoms with Crippen LogP contribution in [0.3, 0.4) is 0 Å². The highest BCUT2D eigenvalue weighted by Gasteiger charge is 2.18. The molecule has 0 radical (unpaired) electrons. The summed E-state index contributed by atoms with van der Waals surface area (Å²) in [6.45, 7) is 1.91. The van der Waals surface area contributed by atoms with Gasteiger partial charge in [-0.2, -0.15) is 0 Å². The number of carbonyl (C=O) groups is 1. The minimum Gasteiger partial charge on any atom is -0.488 e. The van der Waals surface area contributed by atoms with Crippen molar-refractivity contribution in [2.45, 2.75) is 57.6 Å². The molecule has 2 rings (SSSR count). The minimum absolute atomic E-state index is 0.00947. The fourth-order valence-electron chi connectivity index (χ4n) is 2.43. The lowest BCUT2D eigenvalue weighted by molar-refractivity contribution is -0.116. The van der Waals surface area contributed by atoms with Gasteiger partial charge < -0.3 is 15.8 Å². The molecule has 110 valence electrons. The van der Waals surface area contributed by atoms with E-state index < -0.39 is 0 Å². The Morgan fingerprint density at radius 1 is 1.40 bits per heavy atom. The summed E-state index contributed by atoms with van der Waals surface area (Å²) >= 11 is 0. The molecule has 1 aliphatic carbocycles. The predicted molar refractivity (Wildman–Crippen MR) is 80.8 cm³/mol. The molecule has 4 nitrogen and oxygen atoms in total. The van der Waals surface area contributed by atoms with Gasteiger partial charge in [-0.25, -0.2) is 0 Å². The van der Waals surface area contributed by atoms with E-state index in [0.29, 0.717) is 12.8 Å². The van der Waals surface area contributed by atoms with E-state index in [0.717, 1.165) is 24.3 Å². The average Bonchev–Trinajstić information content (AvgIpc) is 2.92. The Morgan fingerprint density at radius 2 is 2.10 bits per heavy atom. The average molecular weight is 276 g/mol. The maximum atomic E-state index is 11.9. The fraction of sp³-hybridized carbons (Fsp3) is 0.562. The molecule has 0 aliphatic heterocycles. The molecule has 1 amide bonds. The smallest absolute Gasteiger partial charge is 0.224 e. The van der Waals surface area contributed by atoms with Crippen LogP contribution in [0.1, 0.15) is 45.4 Å². The molecular formula is C16H24N2O2. The van der Waals surface area contributed by atoms with Crippen LogP contribution in [0.2, 0.25) is 0 Å². The quantitative estimate of drug-likeness (QED) is 0.839. The van der Waals surface area contributed by atoms with Crippen LogP contribution in [0.15, 0.2) is 24.3 Å². The molecule has 0 spiro atoms. The molecule has 1 atom stereocenters. The lowest BCUT2D eigenvalue weighted by atomic mass is 10.2. The number of para-hydroxylation sites is 2. The SMILES string of the molecule is CC(N)CCC(=O)Nc1ccccc1OC1CCCC1. The molecule has 1 aromatic rings. The molecule has 0 saturated heterocycles. The molecule has 20 heavy (non-hydrogen) atoms. The van der Waals surface area contributed by atoms with E-state index in [2.05, 4.69) is 5.32 Å². The second kappa shape index (κ2) is 7.29. The standard InChI is InChI=1S/C16H24N2O2/c1-12(17)10-11-16(19)18-14-8-4-5-9-15(14)20-13-6-2-3-7-13/h4-5,8-9,12-13H,2-3,6-7,10-11,17H2,1H3,(H,18,19). The van der Waals surface area contributed by atoms with Gasteiger partial charge in [0.2, 0.25) is 5.91 Å². The summed E-state index contributed by atoms with van der Waals surface area (Å²) in [6, 6.07) is 7.68. The molecule has 0 aromatic heterocycles. The number of rotatable bonds is 6. The summed E-state index contributed by atoms with van der Waals surface area (Å²) in [6.07, 6.45) is 6.09. The van der Waals surface area contributed by atoms with Crippen molar-refractivity contribution < 1.29 is 9.53 Å². The second-order valence-electron chi connectivity index (χ2n) is 5.58. The van der Waals surface area contributed by atoms with Crippen molar-refractivity contribution in [2.24, 2.45) is 5.73 Å². The van der Waals surface area contributed by atoms with Crippen LogP contribution in [-0.2, 0) is 4.79 Å². The lowest BCUT2D eigenvalue weighted by Gasteiger charge is -2.17. The molecule has 1 aliphatic rings. The fourth-order valence-corrected chi connectivity index (χ4v) is 2.43. The van der Waals surface area contributed by atoms with Crippen LogP contribution in [0.5, 0.6) is 5.75 Å². The molecule has 1 fully saturated rings. The number of ether oxygens (including phenoxy) is 1. The summed E-state index contributed by atoms with van der Waals surface area (Å²) in [7, 11) is 0. The predicted octanol–water partition coefficient (Wildman–Crippen LogP) is 3.07. The van der Waals surface area contributed by atoms with Gasteiger partial charge in [-0.3, -0.25) is 4.79 Å². The molecule has 3 N–H and O–H groups in total. The van der Waals surface area contributed by atoms with Gasteiger partial charge in [-0.05, 0) is 51.2 Å². The zero-order valence-corrected chi connectivity index (χ0v) is 12.1. The van der Waals surface area contributed by atoms with Gasteiger partial charge in [0.1, 0.15) is 5.75 Å². The molecule has 1 aromatic carbocycles. The van der Waals surface area contributed by atoms with E-state index in [1.807, 2.05) is 31.2 Å². The van der Waals surface area contributed by atoms with Crippen molar-refractivity contribution in [3.05, 3.63) is 24.3 Å². The normalized spacial score (nSPS) is 16.9. The Labute approximate surface area is 120 Å². The Balaban J connectivity index is 1.94. The number of hydrogen-bond donors (Lipinski definition) is 2. The first-order valence-electron chi connectivity index (χ1n) is 7.46. The third kappa shape index (κ3) is 4.53. The van der Waals surface area contributed by atoms with E-state index in [9.17, 15) is 4.79 Å². The first-order valence-corrected chi connectivity index (χ1v) is 7.46. The Morgan fingerprint density at radius 3 is 2.80 bits per heavy atom. The van der Waals surface area contributed by atoms with E-state index in [1.165, 1.54) is 12.8 Å². The topological polar surface area (TPSA) is 64.4 Å². The number of nitrogens with two attached hydrogens (primary N) is 1. The van der Waals surface area contributed by atoms with Crippen LogP contribution in [-0.4, -0.2) is 18.1 Å². The highest BCUT2D eigenvalue weighted by atomic mass is 16.5. The third-order valence-corrected chi connectivity index (χ3v) is 3.58. The van der Waals surface area contributed by atoms with E-state index in [4.69, 9.17) is 10.5 Å². The van der Waals surface area contributed by atoms with Crippen LogP contribution in [0, 0.1) is 0 Å². The van der Waals surface area contributed by atoms with Crippen molar-refractivity contribution in [1.29, 1.82) is 0 Å². The summed E-state index contributed by atoms with van der Waals surface area (Å²) in [5.74, 6) is 0.762. The lowest BCUT2D eigenvalue weighted by Crippen LogP contribution is -2.20. The molecular weight excluding hydrogens is 252 g/mol. The van der Waals surface area contributed by atoms with Gasteiger partial charge in [0.15, 0.2) is 0 Å². The van der Waals surface area contributed by atoms with Crippen molar-refractivity contribution in [3.63, 3.8) is 0 Å². The number of hydrogen-bond acceptors (Lipinski definition) is 3. The first kappa shape index (κ1) is 14.9. The molecule has 0 heterocycles. The molecule has 1 unspecified atom stereocenters. The minimum atomic E-state index is -0.00947. The van der Waals surface area contributed by atoms with Crippen molar-refractivity contribution in [1.82, 2.24) is 0 Å². The van der Waals surface area contributed by atoms with Crippen molar-refractivity contribution in [2.75, 3.05) is 5.32 Å². The van der Waals surface area contributed by atoms with Crippen LogP contribution in [0.4, 0.5) is 5.69 Å². The Kier molecular flexibility index (Phi) is 5.41. The Hall–Kier alpha value is -1.55. The number of benzene rings is 1.